The first-order valence-electron chi connectivity index (χ1n) is 6.73. The van der Waals surface area contributed by atoms with Crippen LogP contribution in [0.2, 0.25) is 0 Å². The molecule has 0 radical (unpaired) electrons. The zero-order chi connectivity index (χ0) is 13.2. The van der Waals surface area contributed by atoms with Crippen LogP contribution in [0, 0.1) is 0 Å². The van der Waals surface area contributed by atoms with E-state index in [1.165, 1.54) is 5.56 Å². The fourth-order valence-electron chi connectivity index (χ4n) is 1.83. The van der Waals surface area contributed by atoms with Crippen LogP contribution in [0.4, 0.5) is 0 Å². The molecule has 102 valence electrons. The molecule has 1 rings (SSSR count). The van der Waals surface area contributed by atoms with Crippen molar-refractivity contribution in [1.82, 2.24) is 5.32 Å². The average Bonchev–Trinajstić information content (AvgIpc) is 2.41. The van der Waals surface area contributed by atoms with Crippen LogP contribution in [-0.4, -0.2) is 26.9 Å². The summed E-state index contributed by atoms with van der Waals surface area (Å²) in [5.74, 6) is 0.977. The lowest BCUT2D eigenvalue weighted by molar-refractivity contribution is 0.171. The maximum Gasteiger partial charge on any atom is 0.124 e. The largest absolute Gasteiger partial charge is 0.493 e. The average molecular weight is 251 g/mol. The van der Waals surface area contributed by atoms with Gasteiger partial charge in [-0.25, -0.2) is 0 Å². The van der Waals surface area contributed by atoms with Crippen molar-refractivity contribution in [2.75, 3.05) is 26.9 Å². The molecular weight excluding hydrogens is 226 g/mol. The molecule has 18 heavy (non-hydrogen) atoms. The van der Waals surface area contributed by atoms with Gasteiger partial charge >= 0.3 is 0 Å². The van der Waals surface area contributed by atoms with E-state index in [2.05, 4.69) is 31.3 Å². The Hall–Kier alpha value is -1.06. The number of rotatable bonds is 9. The molecule has 1 unspecified atom stereocenters. The van der Waals surface area contributed by atoms with E-state index in [1.807, 2.05) is 12.1 Å². The molecule has 0 fully saturated rings. The van der Waals surface area contributed by atoms with E-state index in [0.717, 1.165) is 31.7 Å². The van der Waals surface area contributed by atoms with E-state index in [9.17, 15) is 0 Å². The summed E-state index contributed by atoms with van der Waals surface area (Å²) in [6, 6.07) is 8.55. The molecule has 0 bridgehead atoms. The minimum absolute atomic E-state index is 0.323. The minimum atomic E-state index is 0.323. The van der Waals surface area contributed by atoms with Crippen molar-refractivity contribution < 1.29 is 9.47 Å². The lowest BCUT2D eigenvalue weighted by Crippen LogP contribution is -2.20. The Morgan fingerprint density at radius 2 is 2.00 bits per heavy atom. The van der Waals surface area contributed by atoms with Crippen molar-refractivity contribution in [3.63, 3.8) is 0 Å². The third-order valence-electron chi connectivity index (χ3n) is 2.84. The third kappa shape index (κ3) is 5.07. The van der Waals surface area contributed by atoms with Gasteiger partial charge in [0.25, 0.3) is 0 Å². The number of benzene rings is 1. The van der Waals surface area contributed by atoms with Gasteiger partial charge in [-0.2, -0.15) is 0 Å². The topological polar surface area (TPSA) is 30.5 Å². The SMILES string of the molecule is CCCNC(C)c1ccccc1OCCCOC. The third-order valence-corrected chi connectivity index (χ3v) is 2.84. The summed E-state index contributed by atoms with van der Waals surface area (Å²) in [6.45, 7) is 6.82. The Kier molecular flexibility index (Phi) is 7.46. The molecule has 3 nitrogen and oxygen atoms in total. The predicted molar refractivity (Wildman–Crippen MR) is 75.1 cm³/mol. The summed E-state index contributed by atoms with van der Waals surface area (Å²) in [5, 5.41) is 3.49. The monoisotopic (exact) mass is 251 g/mol. The van der Waals surface area contributed by atoms with Crippen LogP contribution in [0.5, 0.6) is 5.75 Å². The van der Waals surface area contributed by atoms with Crippen molar-refractivity contribution in [3.05, 3.63) is 29.8 Å². The highest BCUT2D eigenvalue weighted by atomic mass is 16.5. The van der Waals surface area contributed by atoms with Crippen LogP contribution in [-0.2, 0) is 4.74 Å². The lowest BCUT2D eigenvalue weighted by Gasteiger charge is -2.18. The molecule has 0 aliphatic carbocycles. The van der Waals surface area contributed by atoms with Crippen LogP contribution in [0.15, 0.2) is 24.3 Å². The Morgan fingerprint density at radius 1 is 1.22 bits per heavy atom. The highest BCUT2D eigenvalue weighted by Crippen LogP contribution is 2.24. The fraction of sp³-hybridized carbons (Fsp3) is 0.600. The zero-order valence-corrected chi connectivity index (χ0v) is 11.7. The molecule has 1 N–H and O–H groups in total. The molecule has 0 aromatic heterocycles. The highest BCUT2D eigenvalue weighted by Gasteiger charge is 2.09. The van der Waals surface area contributed by atoms with Gasteiger partial charge < -0.3 is 14.8 Å². The van der Waals surface area contributed by atoms with Gasteiger partial charge in [0.1, 0.15) is 5.75 Å². The molecule has 0 saturated carbocycles. The molecule has 0 amide bonds. The molecular formula is C15H25NO2. The summed E-state index contributed by atoms with van der Waals surface area (Å²) < 4.78 is 10.8. The number of ether oxygens (including phenoxy) is 2. The molecule has 1 aromatic rings. The molecule has 3 heteroatoms. The van der Waals surface area contributed by atoms with Crippen LogP contribution >= 0.6 is 0 Å². The summed E-state index contributed by atoms with van der Waals surface area (Å²) in [7, 11) is 1.71. The van der Waals surface area contributed by atoms with Crippen LogP contribution in [0.25, 0.3) is 0 Å². The van der Waals surface area contributed by atoms with Crippen molar-refractivity contribution in [2.24, 2.45) is 0 Å². The normalized spacial score (nSPS) is 12.4. The van der Waals surface area contributed by atoms with Crippen molar-refractivity contribution in [1.29, 1.82) is 0 Å². The van der Waals surface area contributed by atoms with Gasteiger partial charge in [-0.1, -0.05) is 25.1 Å². The van der Waals surface area contributed by atoms with Crippen LogP contribution < -0.4 is 10.1 Å². The first-order valence-corrected chi connectivity index (χ1v) is 6.73. The maximum atomic E-state index is 5.82. The number of nitrogens with one attached hydrogen (secondary N) is 1. The summed E-state index contributed by atoms with van der Waals surface area (Å²) >= 11 is 0. The Bertz CT molecular complexity index is 328. The van der Waals surface area contributed by atoms with E-state index in [1.54, 1.807) is 7.11 Å². The quantitative estimate of drug-likeness (QED) is 0.684. The van der Waals surface area contributed by atoms with Gasteiger partial charge in [-0.3, -0.25) is 0 Å². The summed E-state index contributed by atoms with van der Waals surface area (Å²) in [4.78, 5) is 0. The van der Waals surface area contributed by atoms with Gasteiger partial charge in [-0.15, -0.1) is 0 Å². The summed E-state index contributed by atoms with van der Waals surface area (Å²) in [6.07, 6.45) is 2.06. The van der Waals surface area contributed by atoms with E-state index >= 15 is 0 Å². The highest BCUT2D eigenvalue weighted by molar-refractivity contribution is 5.35. The van der Waals surface area contributed by atoms with Gasteiger partial charge in [0.05, 0.1) is 6.61 Å². The Morgan fingerprint density at radius 3 is 2.72 bits per heavy atom. The molecule has 1 aromatic carbocycles. The number of hydrogen-bond acceptors (Lipinski definition) is 3. The fourth-order valence-corrected chi connectivity index (χ4v) is 1.83. The number of hydrogen-bond donors (Lipinski definition) is 1. The molecule has 0 saturated heterocycles. The van der Waals surface area contributed by atoms with Gasteiger partial charge in [0.15, 0.2) is 0 Å². The van der Waals surface area contributed by atoms with E-state index in [4.69, 9.17) is 9.47 Å². The maximum absolute atomic E-state index is 5.82. The standard InChI is InChI=1S/C15H25NO2/c1-4-10-16-13(2)14-8-5-6-9-15(14)18-12-7-11-17-3/h5-6,8-9,13,16H,4,7,10-12H2,1-3H3. The second-order valence-electron chi connectivity index (χ2n) is 4.41. The number of methoxy groups -OCH3 is 1. The number of para-hydroxylation sites is 1. The molecule has 0 aliphatic heterocycles. The van der Waals surface area contributed by atoms with Gasteiger partial charge in [0, 0.05) is 31.7 Å². The minimum Gasteiger partial charge on any atom is -0.493 e. The van der Waals surface area contributed by atoms with Crippen molar-refractivity contribution >= 4 is 0 Å². The first-order chi connectivity index (χ1) is 8.79. The molecule has 0 heterocycles. The van der Waals surface area contributed by atoms with Crippen molar-refractivity contribution in [3.8, 4) is 5.75 Å². The predicted octanol–water partition coefficient (Wildman–Crippen LogP) is 3.16. The van der Waals surface area contributed by atoms with Crippen LogP contribution in [0.3, 0.4) is 0 Å². The Balaban J connectivity index is 2.55. The lowest BCUT2D eigenvalue weighted by atomic mass is 10.1. The molecule has 1 atom stereocenters. The second-order valence-corrected chi connectivity index (χ2v) is 4.41. The summed E-state index contributed by atoms with van der Waals surface area (Å²) in [5.41, 5.74) is 1.23. The second kappa shape index (κ2) is 8.95. The first kappa shape index (κ1) is 15.0. The Labute approximate surface area is 110 Å². The van der Waals surface area contributed by atoms with E-state index in [0.29, 0.717) is 12.6 Å². The van der Waals surface area contributed by atoms with Crippen LogP contribution in [0.1, 0.15) is 38.3 Å². The smallest absolute Gasteiger partial charge is 0.124 e. The molecule has 0 spiro atoms. The molecule has 0 aliphatic rings. The van der Waals surface area contributed by atoms with E-state index in [-0.39, 0.29) is 0 Å². The van der Waals surface area contributed by atoms with Gasteiger partial charge in [-0.05, 0) is 26.0 Å². The van der Waals surface area contributed by atoms with Crippen molar-refractivity contribution in [2.45, 2.75) is 32.7 Å². The van der Waals surface area contributed by atoms with E-state index < -0.39 is 0 Å². The zero-order valence-electron chi connectivity index (χ0n) is 11.7. The van der Waals surface area contributed by atoms with Gasteiger partial charge in [0.2, 0.25) is 0 Å².